The summed E-state index contributed by atoms with van der Waals surface area (Å²) >= 11 is 0. The molecule has 80 valence electrons. The molecule has 15 heavy (non-hydrogen) atoms. The predicted octanol–water partition coefficient (Wildman–Crippen LogP) is 3.55. The summed E-state index contributed by atoms with van der Waals surface area (Å²) in [5.74, 6) is 0.919. The van der Waals surface area contributed by atoms with Crippen LogP contribution in [0.15, 0.2) is 30.3 Å². The number of hydrogen-bond donors (Lipinski definition) is 0. The smallest absolute Gasteiger partial charge is 0.140 e. The van der Waals surface area contributed by atoms with Gasteiger partial charge in [0.2, 0.25) is 0 Å². The lowest BCUT2D eigenvalue weighted by Crippen LogP contribution is -2.47. The Morgan fingerprint density at radius 3 is 2.27 bits per heavy atom. The van der Waals surface area contributed by atoms with Gasteiger partial charge < -0.3 is 0 Å². The number of Topliss-reactive ketones (excluding diaryl/α,β-unsaturated/α-hetero) is 1. The largest absolute Gasteiger partial charge is 0.299 e. The lowest BCUT2D eigenvalue weighted by Gasteiger charge is -2.47. The van der Waals surface area contributed by atoms with Crippen molar-refractivity contribution in [3.63, 3.8) is 0 Å². The fourth-order valence-corrected chi connectivity index (χ4v) is 2.91. The molecule has 1 fully saturated rings. The molecule has 1 aliphatic rings. The first kappa shape index (κ1) is 10.4. The van der Waals surface area contributed by atoms with E-state index >= 15 is 0 Å². The molecule has 1 unspecified atom stereocenters. The molecule has 1 nitrogen and oxygen atoms in total. The van der Waals surface area contributed by atoms with Crippen molar-refractivity contribution in [2.75, 3.05) is 0 Å². The van der Waals surface area contributed by atoms with Crippen LogP contribution in [0.4, 0.5) is 0 Å². The average Bonchev–Trinajstić information content (AvgIpc) is 2.29. The minimum atomic E-state index is -0.0542. The van der Waals surface area contributed by atoms with E-state index in [1.54, 1.807) is 0 Å². The number of carbonyl (C=O) groups excluding carboxylic acids is 1. The fraction of sp³-hybridized carbons (Fsp3) is 0.500. The summed E-state index contributed by atoms with van der Waals surface area (Å²) in [7, 11) is 0. The van der Waals surface area contributed by atoms with Gasteiger partial charge in [-0.25, -0.2) is 0 Å². The molecule has 1 atom stereocenters. The Bertz CT molecular complexity index is 349. The molecule has 1 heteroatoms. The zero-order chi connectivity index (χ0) is 10.9. The number of hydrogen-bond acceptors (Lipinski definition) is 1. The second kappa shape index (κ2) is 3.80. The zero-order valence-corrected chi connectivity index (χ0v) is 9.49. The van der Waals surface area contributed by atoms with Gasteiger partial charge in [0.15, 0.2) is 0 Å². The van der Waals surface area contributed by atoms with Crippen LogP contribution in [-0.2, 0) is 4.79 Å². The number of ketones is 1. The van der Waals surface area contributed by atoms with Gasteiger partial charge in [-0.1, -0.05) is 44.2 Å². The van der Waals surface area contributed by atoms with Crippen molar-refractivity contribution in [3.8, 4) is 0 Å². The number of carbonyl (C=O) groups is 1. The molecule has 0 heterocycles. The molecule has 1 aromatic carbocycles. The second-order valence-corrected chi connectivity index (χ2v) is 4.45. The maximum atomic E-state index is 11.8. The minimum Gasteiger partial charge on any atom is -0.299 e. The van der Waals surface area contributed by atoms with E-state index in [0.717, 1.165) is 19.3 Å². The Labute approximate surface area is 91.5 Å². The van der Waals surface area contributed by atoms with Crippen molar-refractivity contribution in [2.45, 2.75) is 39.0 Å². The Hall–Kier alpha value is -1.11. The van der Waals surface area contributed by atoms with Gasteiger partial charge in [-0.05, 0) is 18.4 Å². The molecule has 0 spiro atoms. The highest BCUT2D eigenvalue weighted by Crippen LogP contribution is 2.54. The monoisotopic (exact) mass is 202 g/mol. The van der Waals surface area contributed by atoms with Crippen LogP contribution in [0, 0.1) is 5.41 Å². The van der Waals surface area contributed by atoms with Crippen LogP contribution in [0.5, 0.6) is 0 Å². The standard InChI is InChI=1S/C14H18O/c1-3-14(4-2)12(10-13(14)15)11-8-6-5-7-9-11/h5-9,12H,3-4,10H2,1-2H3. The summed E-state index contributed by atoms with van der Waals surface area (Å²) in [5, 5.41) is 0. The molecule has 0 aromatic heterocycles. The van der Waals surface area contributed by atoms with Crippen molar-refractivity contribution in [1.82, 2.24) is 0 Å². The first-order valence-corrected chi connectivity index (χ1v) is 5.83. The highest BCUT2D eigenvalue weighted by atomic mass is 16.1. The van der Waals surface area contributed by atoms with Crippen LogP contribution in [0.2, 0.25) is 0 Å². The fourth-order valence-electron chi connectivity index (χ4n) is 2.91. The predicted molar refractivity (Wildman–Crippen MR) is 61.8 cm³/mol. The van der Waals surface area contributed by atoms with Crippen molar-refractivity contribution in [3.05, 3.63) is 35.9 Å². The van der Waals surface area contributed by atoms with E-state index < -0.39 is 0 Å². The first-order chi connectivity index (χ1) is 7.24. The summed E-state index contributed by atoms with van der Waals surface area (Å²) in [6, 6.07) is 10.5. The summed E-state index contributed by atoms with van der Waals surface area (Å²) in [4.78, 5) is 11.8. The lowest BCUT2D eigenvalue weighted by atomic mass is 9.54. The molecule has 1 saturated carbocycles. The van der Waals surface area contributed by atoms with Gasteiger partial charge >= 0.3 is 0 Å². The Morgan fingerprint density at radius 2 is 1.80 bits per heavy atom. The van der Waals surface area contributed by atoms with Crippen LogP contribution in [0.1, 0.15) is 44.6 Å². The van der Waals surface area contributed by atoms with Crippen molar-refractivity contribution in [2.24, 2.45) is 5.41 Å². The maximum absolute atomic E-state index is 11.8. The van der Waals surface area contributed by atoms with Crippen LogP contribution in [0.3, 0.4) is 0 Å². The Kier molecular flexibility index (Phi) is 2.64. The van der Waals surface area contributed by atoms with E-state index in [4.69, 9.17) is 0 Å². The van der Waals surface area contributed by atoms with E-state index in [0.29, 0.717) is 11.7 Å². The van der Waals surface area contributed by atoms with Gasteiger partial charge in [0, 0.05) is 17.8 Å². The summed E-state index contributed by atoms with van der Waals surface area (Å²) in [5.41, 5.74) is 1.28. The average molecular weight is 202 g/mol. The molecule has 0 saturated heterocycles. The molecule has 0 amide bonds. The zero-order valence-electron chi connectivity index (χ0n) is 9.49. The normalized spacial score (nSPS) is 23.6. The lowest BCUT2D eigenvalue weighted by molar-refractivity contribution is -0.141. The van der Waals surface area contributed by atoms with E-state index in [2.05, 4.69) is 38.1 Å². The minimum absolute atomic E-state index is 0.0542. The summed E-state index contributed by atoms with van der Waals surface area (Å²) < 4.78 is 0. The maximum Gasteiger partial charge on any atom is 0.140 e. The van der Waals surface area contributed by atoms with E-state index in [-0.39, 0.29) is 5.41 Å². The molecular weight excluding hydrogens is 184 g/mol. The Balaban J connectivity index is 2.29. The second-order valence-electron chi connectivity index (χ2n) is 4.45. The van der Waals surface area contributed by atoms with E-state index in [9.17, 15) is 4.79 Å². The highest BCUT2D eigenvalue weighted by Gasteiger charge is 2.52. The molecule has 2 rings (SSSR count). The van der Waals surface area contributed by atoms with Crippen molar-refractivity contribution < 1.29 is 4.79 Å². The number of rotatable bonds is 3. The molecule has 0 N–H and O–H groups in total. The van der Waals surface area contributed by atoms with E-state index in [1.807, 2.05) is 6.07 Å². The molecule has 1 aliphatic carbocycles. The van der Waals surface area contributed by atoms with Gasteiger partial charge in [-0.3, -0.25) is 4.79 Å². The van der Waals surface area contributed by atoms with Gasteiger partial charge in [-0.2, -0.15) is 0 Å². The van der Waals surface area contributed by atoms with Gasteiger partial charge in [-0.15, -0.1) is 0 Å². The third-order valence-electron chi connectivity index (χ3n) is 4.08. The third-order valence-corrected chi connectivity index (χ3v) is 4.08. The number of benzene rings is 1. The third kappa shape index (κ3) is 1.41. The van der Waals surface area contributed by atoms with Crippen LogP contribution in [-0.4, -0.2) is 5.78 Å². The van der Waals surface area contributed by atoms with Gasteiger partial charge in [0.25, 0.3) is 0 Å². The molecule has 0 radical (unpaired) electrons. The molecule has 1 aromatic rings. The molecule has 0 bridgehead atoms. The topological polar surface area (TPSA) is 17.1 Å². The van der Waals surface area contributed by atoms with Gasteiger partial charge in [0.1, 0.15) is 5.78 Å². The van der Waals surface area contributed by atoms with E-state index in [1.165, 1.54) is 5.56 Å². The molecular formula is C14H18O. The summed E-state index contributed by atoms with van der Waals surface area (Å²) in [6.07, 6.45) is 2.69. The van der Waals surface area contributed by atoms with Crippen LogP contribution >= 0.6 is 0 Å². The van der Waals surface area contributed by atoms with Crippen molar-refractivity contribution in [1.29, 1.82) is 0 Å². The highest BCUT2D eigenvalue weighted by molar-refractivity contribution is 5.93. The van der Waals surface area contributed by atoms with Crippen molar-refractivity contribution >= 4 is 5.78 Å². The van der Waals surface area contributed by atoms with Gasteiger partial charge in [0.05, 0.1) is 0 Å². The Morgan fingerprint density at radius 1 is 1.20 bits per heavy atom. The van der Waals surface area contributed by atoms with Crippen LogP contribution < -0.4 is 0 Å². The first-order valence-electron chi connectivity index (χ1n) is 5.83. The SMILES string of the molecule is CCC1(CC)C(=O)CC1c1ccccc1. The van der Waals surface area contributed by atoms with Crippen LogP contribution in [0.25, 0.3) is 0 Å². The quantitative estimate of drug-likeness (QED) is 0.732. The summed E-state index contributed by atoms with van der Waals surface area (Å²) in [6.45, 7) is 4.27. The molecule has 0 aliphatic heterocycles.